The number of pyridine rings is 1. The highest BCUT2D eigenvalue weighted by Gasteiger charge is 2.42. The monoisotopic (exact) mass is 248 g/mol. The van der Waals surface area contributed by atoms with Gasteiger partial charge in [0.15, 0.2) is 0 Å². The Bertz CT molecular complexity index is 408. The summed E-state index contributed by atoms with van der Waals surface area (Å²) in [5, 5.41) is 9.33. The van der Waals surface area contributed by atoms with Crippen molar-refractivity contribution in [3.8, 4) is 0 Å². The molecule has 0 bridgehead atoms. The summed E-state index contributed by atoms with van der Waals surface area (Å²) in [6, 6.07) is 4.03. The van der Waals surface area contributed by atoms with E-state index in [4.69, 9.17) is 0 Å². The zero-order valence-corrected chi connectivity index (χ0v) is 10.8. The standard InChI is InChI=1S/C14H20N2O2/c1-2-14(13(17)18)6-10-16(11-14)9-5-12-3-7-15-8-4-12/h3-4,7-8H,2,5-6,9-11H2,1H3,(H,17,18). The van der Waals surface area contributed by atoms with Gasteiger partial charge in [0, 0.05) is 25.5 Å². The van der Waals surface area contributed by atoms with Gasteiger partial charge in [0.2, 0.25) is 0 Å². The van der Waals surface area contributed by atoms with Crippen molar-refractivity contribution < 1.29 is 9.90 Å². The molecule has 4 heteroatoms. The zero-order valence-electron chi connectivity index (χ0n) is 10.8. The number of carboxylic acids is 1. The highest BCUT2D eigenvalue weighted by atomic mass is 16.4. The van der Waals surface area contributed by atoms with Crippen molar-refractivity contribution in [3.05, 3.63) is 30.1 Å². The molecule has 2 heterocycles. The normalized spacial score (nSPS) is 24.3. The number of aromatic nitrogens is 1. The van der Waals surface area contributed by atoms with Crippen molar-refractivity contribution in [1.29, 1.82) is 0 Å². The molecule has 1 aliphatic rings. The van der Waals surface area contributed by atoms with Crippen LogP contribution in [0.1, 0.15) is 25.3 Å². The summed E-state index contributed by atoms with van der Waals surface area (Å²) in [5.41, 5.74) is 0.743. The van der Waals surface area contributed by atoms with Crippen molar-refractivity contribution in [2.24, 2.45) is 5.41 Å². The first-order valence-corrected chi connectivity index (χ1v) is 6.51. The van der Waals surface area contributed by atoms with E-state index in [1.807, 2.05) is 19.1 Å². The Hall–Kier alpha value is -1.42. The number of carbonyl (C=O) groups is 1. The van der Waals surface area contributed by atoms with E-state index < -0.39 is 11.4 Å². The van der Waals surface area contributed by atoms with Gasteiger partial charge in [-0.3, -0.25) is 9.78 Å². The minimum absolute atomic E-state index is 0.516. The van der Waals surface area contributed by atoms with Gasteiger partial charge in [0.25, 0.3) is 0 Å². The van der Waals surface area contributed by atoms with E-state index in [1.165, 1.54) is 5.56 Å². The molecule has 1 aromatic heterocycles. The second-order valence-corrected chi connectivity index (χ2v) is 5.07. The third-order valence-corrected chi connectivity index (χ3v) is 4.03. The van der Waals surface area contributed by atoms with Crippen LogP contribution in [-0.2, 0) is 11.2 Å². The number of likely N-dealkylation sites (tertiary alicyclic amines) is 1. The van der Waals surface area contributed by atoms with E-state index in [0.717, 1.165) is 25.9 Å². The molecule has 2 rings (SSSR count). The van der Waals surface area contributed by atoms with Gasteiger partial charge in [-0.15, -0.1) is 0 Å². The van der Waals surface area contributed by atoms with Crippen LogP contribution in [0.5, 0.6) is 0 Å². The molecule has 1 atom stereocenters. The summed E-state index contributed by atoms with van der Waals surface area (Å²) >= 11 is 0. The Kier molecular flexibility index (Phi) is 3.97. The summed E-state index contributed by atoms with van der Waals surface area (Å²) in [6.07, 6.45) is 6.05. The fraction of sp³-hybridized carbons (Fsp3) is 0.571. The maximum Gasteiger partial charge on any atom is 0.310 e. The molecule has 0 amide bonds. The lowest BCUT2D eigenvalue weighted by atomic mass is 9.84. The molecular weight excluding hydrogens is 228 g/mol. The summed E-state index contributed by atoms with van der Waals surface area (Å²) < 4.78 is 0. The SMILES string of the molecule is CCC1(C(=O)O)CCN(CCc2ccncc2)C1. The summed E-state index contributed by atoms with van der Waals surface area (Å²) in [5.74, 6) is -0.642. The maximum atomic E-state index is 11.3. The second-order valence-electron chi connectivity index (χ2n) is 5.07. The third kappa shape index (κ3) is 2.70. The van der Waals surface area contributed by atoms with Crippen LogP contribution in [0, 0.1) is 5.41 Å². The van der Waals surface area contributed by atoms with Crippen LogP contribution in [0.4, 0.5) is 0 Å². The molecule has 98 valence electrons. The van der Waals surface area contributed by atoms with Crippen molar-refractivity contribution in [1.82, 2.24) is 9.88 Å². The Morgan fingerprint density at radius 3 is 2.78 bits per heavy atom. The van der Waals surface area contributed by atoms with Gasteiger partial charge in [-0.25, -0.2) is 0 Å². The average Bonchev–Trinajstić information content (AvgIpc) is 2.83. The van der Waals surface area contributed by atoms with Gasteiger partial charge in [-0.2, -0.15) is 0 Å². The topological polar surface area (TPSA) is 53.4 Å². The lowest BCUT2D eigenvalue weighted by Gasteiger charge is -2.23. The molecule has 1 unspecified atom stereocenters. The van der Waals surface area contributed by atoms with Crippen molar-refractivity contribution in [2.75, 3.05) is 19.6 Å². The smallest absolute Gasteiger partial charge is 0.310 e. The minimum atomic E-state index is -0.642. The van der Waals surface area contributed by atoms with Gasteiger partial charge >= 0.3 is 5.97 Å². The summed E-state index contributed by atoms with van der Waals surface area (Å²) in [6.45, 7) is 4.48. The molecule has 0 saturated carbocycles. The fourth-order valence-electron chi connectivity index (χ4n) is 2.60. The highest BCUT2D eigenvalue weighted by Crippen LogP contribution is 2.34. The van der Waals surface area contributed by atoms with Crippen LogP contribution in [-0.4, -0.2) is 40.6 Å². The van der Waals surface area contributed by atoms with Crippen LogP contribution in [0.25, 0.3) is 0 Å². The van der Waals surface area contributed by atoms with Crippen LogP contribution in [0.3, 0.4) is 0 Å². The third-order valence-electron chi connectivity index (χ3n) is 4.03. The van der Waals surface area contributed by atoms with Gasteiger partial charge in [0.05, 0.1) is 5.41 Å². The van der Waals surface area contributed by atoms with Gasteiger partial charge in [-0.05, 0) is 43.5 Å². The van der Waals surface area contributed by atoms with Crippen LogP contribution in [0.15, 0.2) is 24.5 Å². The van der Waals surface area contributed by atoms with Crippen LogP contribution in [0.2, 0.25) is 0 Å². The largest absolute Gasteiger partial charge is 0.481 e. The van der Waals surface area contributed by atoms with Gasteiger partial charge in [0.1, 0.15) is 0 Å². The average molecular weight is 248 g/mol. The molecule has 1 saturated heterocycles. The highest BCUT2D eigenvalue weighted by molar-refractivity contribution is 5.75. The summed E-state index contributed by atoms with van der Waals surface area (Å²) in [7, 11) is 0. The Morgan fingerprint density at radius 1 is 1.50 bits per heavy atom. The van der Waals surface area contributed by atoms with E-state index in [9.17, 15) is 9.90 Å². The molecule has 0 aromatic carbocycles. The number of aliphatic carboxylic acids is 1. The second kappa shape index (κ2) is 5.48. The molecule has 18 heavy (non-hydrogen) atoms. The Balaban J connectivity index is 1.88. The summed E-state index contributed by atoms with van der Waals surface area (Å²) in [4.78, 5) is 17.6. The molecule has 1 aromatic rings. The first-order chi connectivity index (χ1) is 8.66. The molecule has 0 spiro atoms. The first kappa shape index (κ1) is 13.0. The lowest BCUT2D eigenvalue weighted by Crippen LogP contribution is -2.34. The molecule has 0 radical (unpaired) electrons. The first-order valence-electron chi connectivity index (χ1n) is 6.51. The maximum absolute atomic E-state index is 11.3. The molecule has 1 N–H and O–H groups in total. The predicted molar refractivity (Wildman–Crippen MR) is 69.4 cm³/mol. The Morgan fingerprint density at radius 2 is 2.22 bits per heavy atom. The fourth-order valence-corrected chi connectivity index (χ4v) is 2.60. The van der Waals surface area contributed by atoms with Gasteiger partial charge in [-0.1, -0.05) is 6.92 Å². The van der Waals surface area contributed by atoms with E-state index in [-0.39, 0.29) is 0 Å². The zero-order chi connectivity index (χ0) is 13.0. The molecule has 4 nitrogen and oxygen atoms in total. The van der Waals surface area contributed by atoms with E-state index in [2.05, 4.69) is 9.88 Å². The minimum Gasteiger partial charge on any atom is -0.481 e. The quantitative estimate of drug-likeness (QED) is 0.863. The van der Waals surface area contributed by atoms with E-state index >= 15 is 0 Å². The van der Waals surface area contributed by atoms with Crippen molar-refractivity contribution >= 4 is 5.97 Å². The van der Waals surface area contributed by atoms with E-state index in [0.29, 0.717) is 13.0 Å². The van der Waals surface area contributed by atoms with Crippen LogP contribution < -0.4 is 0 Å². The predicted octanol–water partition coefficient (Wildman–Crippen LogP) is 1.81. The van der Waals surface area contributed by atoms with Gasteiger partial charge < -0.3 is 10.0 Å². The van der Waals surface area contributed by atoms with E-state index in [1.54, 1.807) is 12.4 Å². The van der Waals surface area contributed by atoms with Crippen molar-refractivity contribution in [3.63, 3.8) is 0 Å². The molecule has 0 aliphatic carbocycles. The molecular formula is C14H20N2O2. The molecule has 1 aliphatic heterocycles. The number of hydrogen-bond acceptors (Lipinski definition) is 3. The van der Waals surface area contributed by atoms with Crippen LogP contribution >= 0.6 is 0 Å². The number of carboxylic acid groups (broad SMARTS) is 1. The number of rotatable bonds is 5. The van der Waals surface area contributed by atoms with Crippen molar-refractivity contribution in [2.45, 2.75) is 26.2 Å². The number of hydrogen-bond donors (Lipinski definition) is 1. The number of nitrogens with zero attached hydrogens (tertiary/aromatic N) is 2. The lowest BCUT2D eigenvalue weighted by molar-refractivity contribution is -0.148. The molecule has 1 fully saturated rings. The Labute approximate surface area is 108 Å².